The quantitative estimate of drug-likeness (QED) is 0.425. The zero-order valence-electron chi connectivity index (χ0n) is 8.15. The van der Waals surface area contributed by atoms with Gasteiger partial charge in [-0.15, -0.1) is 0 Å². The van der Waals surface area contributed by atoms with Crippen LogP contribution in [0, 0.1) is 11.3 Å². The van der Waals surface area contributed by atoms with Crippen molar-refractivity contribution in [3.63, 3.8) is 0 Å². The molecular formula is C8H12N2O4. The molecule has 0 saturated heterocycles. The Hall–Kier alpha value is -1.61. The molecule has 0 amide bonds. The molecule has 6 heteroatoms. The van der Waals surface area contributed by atoms with Crippen molar-refractivity contribution in [1.29, 1.82) is 5.26 Å². The summed E-state index contributed by atoms with van der Waals surface area (Å²) in [5, 5.41) is 8.41. The van der Waals surface area contributed by atoms with Crippen LogP contribution in [0.3, 0.4) is 0 Å². The summed E-state index contributed by atoms with van der Waals surface area (Å²) in [4.78, 5) is 23.0. The summed E-state index contributed by atoms with van der Waals surface area (Å²) >= 11 is 0. The Balaban J connectivity index is 4.09. The van der Waals surface area contributed by atoms with Gasteiger partial charge in [-0.25, -0.2) is 0 Å². The number of nitriles is 1. The zero-order valence-corrected chi connectivity index (χ0v) is 8.15. The van der Waals surface area contributed by atoms with Crippen LogP contribution in [0.2, 0.25) is 0 Å². The van der Waals surface area contributed by atoms with Crippen LogP contribution in [-0.2, 0) is 19.1 Å². The van der Waals surface area contributed by atoms with Crippen molar-refractivity contribution in [2.24, 2.45) is 0 Å². The molecule has 0 N–H and O–H groups in total. The van der Waals surface area contributed by atoms with E-state index in [4.69, 9.17) is 5.26 Å². The molecular weight excluding hydrogens is 188 g/mol. The molecule has 0 aliphatic carbocycles. The van der Waals surface area contributed by atoms with Crippen LogP contribution in [0.5, 0.6) is 0 Å². The van der Waals surface area contributed by atoms with Gasteiger partial charge in [-0.2, -0.15) is 5.26 Å². The molecule has 0 heterocycles. The van der Waals surface area contributed by atoms with Gasteiger partial charge in [0, 0.05) is 0 Å². The van der Waals surface area contributed by atoms with Gasteiger partial charge in [0.05, 0.1) is 39.9 Å². The highest BCUT2D eigenvalue weighted by atomic mass is 16.5. The average Bonchev–Trinajstić information content (AvgIpc) is 2.17. The maximum atomic E-state index is 10.8. The number of ether oxygens (including phenoxy) is 2. The summed E-state index contributed by atoms with van der Waals surface area (Å²) in [6.07, 6.45) is 0. The molecule has 0 fully saturated rings. The maximum absolute atomic E-state index is 10.8. The number of esters is 2. The van der Waals surface area contributed by atoms with Gasteiger partial charge in [-0.1, -0.05) is 0 Å². The zero-order chi connectivity index (χ0) is 11.0. The molecule has 0 aromatic carbocycles. The van der Waals surface area contributed by atoms with E-state index in [2.05, 4.69) is 9.47 Å². The predicted octanol–water partition coefficient (Wildman–Crippen LogP) is -0.842. The number of methoxy groups -OCH3 is 2. The Morgan fingerprint density at radius 3 is 1.93 bits per heavy atom. The molecule has 0 aromatic rings. The lowest BCUT2D eigenvalue weighted by Crippen LogP contribution is -2.35. The first-order valence-electron chi connectivity index (χ1n) is 3.87. The van der Waals surface area contributed by atoms with Gasteiger partial charge in [0.25, 0.3) is 0 Å². The van der Waals surface area contributed by atoms with Crippen LogP contribution in [0.25, 0.3) is 0 Å². The minimum Gasteiger partial charge on any atom is -0.468 e. The Kier molecular flexibility index (Phi) is 6.07. The van der Waals surface area contributed by atoms with Crippen molar-refractivity contribution in [2.75, 3.05) is 33.9 Å². The molecule has 6 nitrogen and oxygen atoms in total. The van der Waals surface area contributed by atoms with Gasteiger partial charge in [-0.3, -0.25) is 14.5 Å². The molecule has 0 aliphatic heterocycles. The van der Waals surface area contributed by atoms with Crippen molar-refractivity contribution in [3.8, 4) is 6.07 Å². The van der Waals surface area contributed by atoms with Crippen LogP contribution in [0.1, 0.15) is 0 Å². The maximum Gasteiger partial charge on any atom is 0.319 e. The van der Waals surface area contributed by atoms with Crippen LogP contribution < -0.4 is 0 Å². The van der Waals surface area contributed by atoms with E-state index in [9.17, 15) is 9.59 Å². The summed E-state index contributed by atoms with van der Waals surface area (Å²) in [5.41, 5.74) is 0. The Bertz CT molecular complexity index is 228. The monoisotopic (exact) mass is 200 g/mol. The standard InChI is InChI=1S/C8H12N2O4/c1-13-7(11)5-10(4-3-9)6-8(12)14-2/h4-6H2,1-2H3. The highest BCUT2D eigenvalue weighted by Gasteiger charge is 2.14. The second-order valence-electron chi connectivity index (χ2n) is 2.46. The van der Waals surface area contributed by atoms with Gasteiger partial charge in [0.2, 0.25) is 0 Å². The summed E-state index contributed by atoms with van der Waals surface area (Å²) in [6.45, 7) is -0.220. The largest absolute Gasteiger partial charge is 0.468 e. The van der Waals surface area contributed by atoms with Crippen LogP contribution >= 0.6 is 0 Å². The first-order chi connectivity index (χ1) is 6.63. The SMILES string of the molecule is COC(=O)CN(CC#N)CC(=O)OC. The number of rotatable bonds is 5. The molecule has 0 rings (SSSR count). The van der Waals surface area contributed by atoms with Gasteiger partial charge in [0.1, 0.15) is 0 Å². The minimum atomic E-state index is -0.496. The van der Waals surface area contributed by atoms with E-state index in [1.807, 2.05) is 6.07 Å². The molecule has 78 valence electrons. The normalized spacial score (nSPS) is 9.29. The fourth-order valence-electron chi connectivity index (χ4n) is 0.762. The molecule has 0 atom stereocenters. The molecule has 0 aliphatic rings. The fraction of sp³-hybridized carbons (Fsp3) is 0.625. The summed E-state index contributed by atoms with van der Waals surface area (Å²) in [6, 6.07) is 1.84. The Labute approximate surface area is 82.0 Å². The molecule has 0 spiro atoms. The number of nitrogens with zero attached hydrogens (tertiary/aromatic N) is 2. The number of carbonyl (C=O) groups excluding carboxylic acids is 2. The third kappa shape index (κ3) is 5.11. The number of hydrogen-bond acceptors (Lipinski definition) is 6. The first kappa shape index (κ1) is 12.4. The predicted molar refractivity (Wildman–Crippen MR) is 46.1 cm³/mol. The Morgan fingerprint density at radius 2 is 1.64 bits per heavy atom. The van der Waals surface area contributed by atoms with E-state index in [1.54, 1.807) is 0 Å². The van der Waals surface area contributed by atoms with Gasteiger partial charge < -0.3 is 9.47 Å². The van der Waals surface area contributed by atoms with E-state index in [0.717, 1.165) is 0 Å². The van der Waals surface area contributed by atoms with E-state index in [-0.39, 0.29) is 19.6 Å². The third-order valence-electron chi connectivity index (χ3n) is 1.46. The second-order valence-corrected chi connectivity index (χ2v) is 2.46. The lowest BCUT2D eigenvalue weighted by atomic mass is 10.4. The lowest BCUT2D eigenvalue weighted by Gasteiger charge is -2.15. The molecule has 0 bridgehead atoms. The van der Waals surface area contributed by atoms with Gasteiger partial charge in [0.15, 0.2) is 0 Å². The second kappa shape index (κ2) is 6.86. The summed E-state index contributed by atoms with van der Waals surface area (Å²) in [7, 11) is 2.48. The van der Waals surface area contributed by atoms with E-state index < -0.39 is 11.9 Å². The van der Waals surface area contributed by atoms with Crippen molar-refractivity contribution in [1.82, 2.24) is 4.90 Å². The highest BCUT2D eigenvalue weighted by molar-refractivity contribution is 5.74. The molecule has 14 heavy (non-hydrogen) atoms. The number of hydrogen-bond donors (Lipinski definition) is 0. The summed E-state index contributed by atoms with van der Waals surface area (Å²) < 4.78 is 8.80. The van der Waals surface area contributed by atoms with Crippen molar-refractivity contribution in [2.45, 2.75) is 0 Å². The molecule has 0 radical (unpaired) electrons. The molecule has 0 unspecified atom stereocenters. The van der Waals surface area contributed by atoms with Crippen molar-refractivity contribution in [3.05, 3.63) is 0 Å². The van der Waals surface area contributed by atoms with Crippen molar-refractivity contribution >= 4 is 11.9 Å². The smallest absolute Gasteiger partial charge is 0.319 e. The third-order valence-corrected chi connectivity index (χ3v) is 1.46. The van der Waals surface area contributed by atoms with E-state index in [0.29, 0.717) is 0 Å². The topological polar surface area (TPSA) is 79.6 Å². The van der Waals surface area contributed by atoms with Crippen LogP contribution in [-0.4, -0.2) is 50.7 Å². The first-order valence-corrected chi connectivity index (χ1v) is 3.87. The highest BCUT2D eigenvalue weighted by Crippen LogP contribution is 1.90. The average molecular weight is 200 g/mol. The van der Waals surface area contributed by atoms with Crippen LogP contribution in [0.15, 0.2) is 0 Å². The Morgan fingerprint density at radius 1 is 1.21 bits per heavy atom. The number of carbonyl (C=O) groups is 2. The minimum absolute atomic E-state index is 0.0236. The lowest BCUT2D eigenvalue weighted by molar-refractivity contribution is -0.145. The van der Waals surface area contributed by atoms with E-state index >= 15 is 0 Å². The van der Waals surface area contributed by atoms with Gasteiger partial charge in [-0.05, 0) is 0 Å². The van der Waals surface area contributed by atoms with Gasteiger partial charge >= 0.3 is 11.9 Å². The fourth-order valence-corrected chi connectivity index (χ4v) is 0.762. The molecule has 0 saturated carbocycles. The molecule has 0 aromatic heterocycles. The van der Waals surface area contributed by atoms with Crippen molar-refractivity contribution < 1.29 is 19.1 Å². The van der Waals surface area contributed by atoms with E-state index in [1.165, 1.54) is 19.1 Å². The summed E-state index contributed by atoms with van der Waals surface area (Å²) in [5.74, 6) is -0.992. The van der Waals surface area contributed by atoms with Crippen LogP contribution in [0.4, 0.5) is 0 Å².